The Labute approximate surface area is 75.0 Å². The number of nitrogens with one attached hydrogen (secondary N) is 1. The molecule has 0 aromatic heterocycles. The van der Waals surface area contributed by atoms with Crippen LogP contribution in [0.1, 0.15) is 33.1 Å². The number of hydrogen-bond acceptors (Lipinski definition) is 2. The zero-order valence-corrected chi connectivity index (χ0v) is 8.10. The van der Waals surface area contributed by atoms with Crippen molar-refractivity contribution in [1.82, 2.24) is 5.32 Å². The third kappa shape index (κ3) is 2.43. The summed E-state index contributed by atoms with van der Waals surface area (Å²) in [6.45, 7) is 8.77. The standard InChI is InChI=1S/C10H19NO/c1-4-12-9(3)11-10-7-5-6-8(10)2/h8,10-11H,3-7H2,1-2H3/t8?,10-/m0/s1. The van der Waals surface area contributed by atoms with Gasteiger partial charge in [-0.25, -0.2) is 0 Å². The fourth-order valence-corrected chi connectivity index (χ4v) is 1.78. The van der Waals surface area contributed by atoms with Crippen molar-refractivity contribution in [3.05, 3.63) is 12.5 Å². The quantitative estimate of drug-likeness (QED) is 0.652. The van der Waals surface area contributed by atoms with E-state index in [2.05, 4.69) is 18.8 Å². The van der Waals surface area contributed by atoms with E-state index in [-0.39, 0.29) is 0 Å². The lowest BCUT2D eigenvalue weighted by Crippen LogP contribution is -2.30. The van der Waals surface area contributed by atoms with Crippen molar-refractivity contribution in [1.29, 1.82) is 0 Å². The van der Waals surface area contributed by atoms with Crippen LogP contribution < -0.4 is 5.32 Å². The third-order valence-electron chi connectivity index (χ3n) is 2.53. The highest BCUT2D eigenvalue weighted by atomic mass is 16.5. The van der Waals surface area contributed by atoms with Crippen molar-refractivity contribution in [3.63, 3.8) is 0 Å². The zero-order chi connectivity index (χ0) is 8.97. The van der Waals surface area contributed by atoms with Gasteiger partial charge in [0.2, 0.25) is 0 Å². The maximum absolute atomic E-state index is 5.25. The second-order valence-corrected chi connectivity index (χ2v) is 3.52. The maximum Gasteiger partial charge on any atom is 0.179 e. The minimum absolute atomic E-state index is 0.587. The predicted molar refractivity (Wildman–Crippen MR) is 50.7 cm³/mol. The van der Waals surface area contributed by atoms with Crippen LogP contribution in [0.5, 0.6) is 0 Å². The fourth-order valence-electron chi connectivity index (χ4n) is 1.78. The molecule has 0 bridgehead atoms. The Morgan fingerprint density at radius 3 is 2.83 bits per heavy atom. The molecule has 70 valence electrons. The first kappa shape index (κ1) is 9.43. The first-order valence-electron chi connectivity index (χ1n) is 4.82. The highest BCUT2D eigenvalue weighted by molar-refractivity contribution is 4.89. The van der Waals surface area contributed by atoms with Gasteiger partial charge in [-0.2, -0.15) is 0 Å². The molecule has 12 heavy (non-hydrogen) atoms. The van der Waals surface area contributed by atoms with Crippen LogP contribution in [0.2, 0.25) is 0 Å². The van der Waals surface area contributed by atoms with Crippen LogP contribution in [-0.4, -0.2) is 12.6 Å². The van der Waals surface area contributed by atoms with E-state index in [0.29, 0.717) is 12.6 Å². The molecule has 2 heteroatoms. The molecular formula is C10H19NO. The summed E-state index contributed by atoms with van der Waals surface area (Å²) >= 11 is 0. The van der Waals surface area contributed by atoms with Crippen LogP contribution in [0.3, 0.4) is 0 Å². The van der Waals surface area contributed by atoms with E-state index in [1.807, 2.05) is 6.92 Å². The summed E-state index contributed by atoms with van der Waals surface area (Å²) in [4.78, 5) is 0. The van der Waals surface area contributed by atoms with Gasteiger partial charge in [0.25, 0.3) is 0 Å². The molecular weight excluding hydrogens is 150 g/mol. The molecule has 2 atom stereocenters. The molecule has 1 aliphatic rings. The molecule has 0 aromatic rings. The topological polar surface area (TPSA) is 21.3 Å². The molecule has 1 fully saturated rings. The maximum atomic E-state index is 5.25. The van der Waals surface area contributed by atoms with Crippen LogP contribution in [0, 0.1) is 5.92 Å². The lowest BCUT2D eigenvalue weighted by molar-refractivity contribution is 0.194. The molecule has 1 rings (SSSR count). The predicted octanol–water partition coefficient (Wildman–Crippen LogP) is 2.27. The van der Waals surface area contributed by atoms with Crippen molar-refractivity contribution in [3.8, 4) is 0 Å². The molecule has 1 saturated carbocycles. The van der Waals surface area contributed by atoms with Crippen LogP contribution in [0.25, 0.3) is 0 Å². The van der Waals surface area contributed by atoms with Gasteiger partial charge < -0.3 is 10.1 Å². The molecule has 1 N–H and O–H groups in total. The van der Waals surface area contributed by atoms with Crippen molar-refractivity contribution in [2.24, 2.45) is 5.92 Å². The molecule has 1 unspecified atom stereocenters. The van der Waals surface area contributed by atoms with Gasteiger partial charge >= 0.3 is 0 Å². The van der Waals surface area contributed by atoms with Crippen molar-refractivity contribution < 1.29 is 4.74 Å². The lowest BCUT2D eigenvalue weighted by Gasteiger charge is -2.19. The monoisotopic (exact) mass is 169 g/mol. The first-order valence-corrected chi connectivity index (χ1v) is 4.82. The van der Waals surface area contributed by atoms with E-state index in [1.165, 1.54) is 19.3 Å². The van der Waals surface area contributed by atoms with Gasteiger partial charge in [-0.15, -0.1) is 0 Å². The molecule has 1 aliphatic carbocycles. The Morgan fingerprint density at radius 2 is 2.33 bits per heavy atom. The van der Waals surface area contributed by atoms with E-state index in [0.717, 1.165) is 11.8 Å². The largest absolute Gasteiger partial charge is 0.480 e. The second kappa shape index (κ2) is 4.39. The van der Waals surface area contributed by atoms with E-state index in [9.17, 15) is 0 Å². The molecule has 2 nitrogen and oxygen atoms in total. The van der Waals surface area contributed by atoms with E-state index in [1.54, 1.807) is 0 Å². The van der Waals surface area contributed by atoms with Crippen LogP contribution in [0.4, 0.5) is 0 Å². The molecule has 0 saturated heterocycles. The average Bonchev–Trinajstić information content (AvgIpc) is 2.37. The van der Waals surface area contributed by atoms with Gasteiger partial charge in [0.05, 0.1) is 6.61 Å². The highest BCUT2D eigenvalue weighted by Crippen LogP contribution is 2.25. The Hall–Kier alpha value is -0.660. The summed E-state index contributed by atoms with van der Waals surface area (Å²) < 4.78 is 5.25. The average molecular weight is 169 g/mol. The SMILES string of the molecule is C=C(N[C@H]1CCCC1C)OCC. The van der Waals surface area contributed by atoms with E-state index >= 15 is 0 Å². The molecule has 0 aliphatic heterocycles. The molecule has 0 heterocycles. The number of rotatable bonds is 4. The van der Waals surface area contributed by atoms with E-state index in [4.69, 9.17) is 4.74 Å². The summed E-state index contributed by atoms with van der Waals surface area (Å²) in [6.07, 6.45) is 3.92. The summed E-state index contributed by atoms with van der Waals surface area (Å²) in [5.41, 5.74) is 0. The van der Waals surface area contributed by atoms with Crippen molar-refractivity contribution in [2.75, 3.05) is 6.61 Å². The first-order chi connectivity index (χ1) is 5.74. The fraction of sp³-hybridized carbons (Fsp3) is 0.800. The summed E-state index contributed by atoms with van der Waals surface area (Å²) in [6, 6.07) is 0.587. The highest BCUT2D eigenvalue weighted by Gasteiger charge is 2.23. The molecule has 0 radical (unpaired) electrons. The smallest absolute Gasteiger partial charge is 0.179 e. The number of ether oxygens (including phenoxy) is 1. The van der Waals surface area contributed by atoms with Gasteiger partial charge in [0, 0.05) is 6.04 Å². The van der Waals surface area contributed by atoms with E-state index < -0.39 is 0 Å². The van der Waals surface area contributed by atoms with Gasteiger partial charge in [0.15, 0.2) is 5.88 Å². The van der Waals surface area contributed by atoms with Gasteiger partial charge in [-0.3, -0.25) is 0 Å². The summed E-state index contributed by atoms with van der Waals surface area (Å²) in [7, 11) is 0. The van der Waals surface area contributed by atoms with Crippen LogP contribution in [-0.2, 0) is 4.74 Å². The minimum atomic E-state index is 0.587. The van der Waals surface area contributed by atoms with Crippen LogP contribution >= 0.6 is 0 Å². The van der Waals surface area contributed by atoms with Gasteiger partial charge in [-0.05, 0) is 32.3 Å². The normalized spacial score (nSPS) is 28.5. The summed E-state index contributed by atoms with van der Waals surface area (Å²) in [5, 5.41) is 3.31. The van der Waals surface area contributed by atoms with Crippen LogP contribution in [0.15, 0.2) is 12.5 Å². The van der Waals surface area contributed by atoms with Gasteiger partial charge in [-0.1, -0.05) is 13.3 Å². The zero-order valence-electron chi connectivity index (χ0n) is 8.10. The molecule has 0 aromatic carbocycles. The third-order valence-corrected chi connectivity index (χ3v) is 2.53. The Kier molecular flexibility index (Phi) is 3.45. The van der Waals surface area contributed by atoms with Gasteiger partial charge in [0.1, 0.15) is 0 Å². The van der Waals surface area contributed by atoms with Crippen molar-refractivity contribution >= 4 is 0 Å². The molecule has 0 spiro atoms. The Morgan fingerprint density at radius 1 is 1.58 bits per heavy atom. The second-order valence-electron chi connectivity index (χ2n) is 3.52. The van der Waals surface area contributed by atoms with Crippen molar-refractivity contribution in [2.45, 2.75) is 39.2 Å². The minimum Gasteiger partial charge on any atom is -0.480 e. The lowest BCUT2D eigenvalue weighted by atomic mass is 10.1. The molecule has 0 amide bonds. The Bertz CT molecular complexity index is 156. The summed E-state index contributed by atoms with van der Waals surface area (Å²) in [5.74, 6) is 1.50. The Balaban J connectivity index is 2.25. The number of hydrogen-bond donors (Lipinski definition) is 1.